The number of alkyl halides is 3. The number of rotatable bonds is 7. The first-order chi connectivity index (χ1) is 8.95. The van der Waals surface area contributed by atoms with Crippen molar-refractivity contribution >= 4 is 17.3 Å². The molecule has 0 radical (unpaired) electrons. The molecule has 2 N–H and O–H groups in total. The van der Waals surface area contributed by atoms with E-state index in [0.717, 1.165) is 37.8 Å². The van der Waals surface area contributed by atoms with Crippen molar-refractivity contribution in [3.8, 4) is 0 Å². The molecule has 6 heteroatoms. The average Bonchev–Trinajstić information content (AvgIpc) is 2.34. The van der Waals surface area contributed by atoms with Gasteiger partial charge in [0, 0.05) is 13.2 Å². The first-order valence-electron chi connectivity index (χ1n) is 6.16. The summed E-state index contributed by atoms with van der Waals surface area (Å²) in [5.41, 5.74) is -0.404. The third-order valence-corrected chi connectivity index (χ3v) is 3.02. The van der Waals surface area contributed by atoms with E-state index in [1.807, 2.05) is 0 Å². The van der Waals surface area contributed by atoms with Gasteiger partial charge in [0.1, 0.15) is 0 Å². The smallest absolute Gasteiger partial charge is 0.396 e. The third kappa shape index (κ3) is 5.70. The molecule has 0 saturated heterocycles. The second-order valence-corrected chi connectivity index (χ2v) is 4.66. The van der Waals surface area contributed by atoms with E-state index in [4.69, 9.17) is 16.7 Å². The molecule has 1 aromatic carbocycles. The second-order valence-electron chi connectivity index (χ2n) is 4.26. The molecule has 0 unspecified atom stereocenters. The Morgan fingerprint density at radius 3 is 2.42 bits per heavy atom. The van der Waals surface area contributed by atoms with Crippen LogP contribution in [0.2, 0.25) is 5.02 Å². The van der Waals surface area contributed by atoms with Gasteiger partial charge >= 0.3 is 6.18 Å². The van der Waals surface area contributed by atoms with Gasteiger partial charge in [0.25, 0.3) is 0 Å². The maximum Gasteiger partial charge on any atom is 0.416 e. The van der Waals surface area contributed by atoms with Crippen LogP contribution in [0, 0.1) is 0 Å². The summed E-state index contributed by atoms with van der Waals surface area (Å²) >= 11 is 5.85. The molecule has 0 aliphatic heterocycles. The van der Waals surface area contributed by atoms with Gasteiger partial charge in [-0.2, -0.15) is 13.2 Å². The molecular formula is C13H17ClF3NO. The minimum absolute atomic E-state index is 0.173. The van der Waals surface area contributed by atoms with Crippen molar-refractivity contribution in [1.82, 2.24) is 0 Å². The van der Waals surface area contributed by atoms with Gasteiger partial charge in [-0.15, -0.1) is 0 Å². The molecule has 1 rings (SSSR count). The average molecular weight is 296 g/mol. The highest BCUT2D eigenvalue weighted by atomic mass is 35.5. The van der Waals surface area contributed by atoms with Gasteiger partial charge in [-0.25, -0.2) is 0 Å². The summed E-state index contributed by atoms with van der Waals surface area (Å²) < 4.78 is 37.6. The normalized spacial score (nSPS) is 11.6. The predicted octanol–water partition coefficient (Wildman–Crippen LogP) is 4.32. The molecule has 0 aliphatic rings. The number of benzene rings is 1. The summed E-state index contributed by atoms with van der Waals surface area (Å²) in [6.45, 7) is 0.735. The Balaban J connectivity index is 2.49. The van der Waals surface area contributed by atoms with E-state index in [1.54, 1.807) is 0 Å². The first kappa shape index (κ1) is 16.1. The lowest BCUT2D eigenvalue weighted by Crippen LogP contribution is -2.07. The van der Waals surface area contributed by atoms with E-state index in [1.165, 1.54) is 6.07 Å². The fourth-order valence-electron chi connectivity index (χ4n) is 1.65. The Morgan fingerprint density at radius 2 is 1.79 bits per heavy atom. The summed E-state index contributed by atoms with van der Waals surface area (Å²) in [4.78, 5) is 0. The summed E-state index contributed by atoms with van der Waals surface area (Å²) in [6, 6.07) is 3.24. The van der Waals surface area contributed by atoms with E-state index < -0.39 is 11.7 Å². The molecule has 0 spiro atoms. The third-order valence-electron chi connectivity index (χ3n) is 2.69. The molecule has 0 saturated carbocycles. The van der Waals surface area contributed by atoms with Crippen molar-refractivity contribution in [2.75, 3.05) is 18.5 Å². The summed E-state index contributed by atoms with van der Waals surface area (Å²) in [7, 11) is 0. The van der Waals surface area contributed by atoms with Crippen LogP contribution in [0.4, 0.5) is 18.9 Å². The van der Waals surface area contributed by atoms with Crippen LogP contribution in [0.3, 0.4) is 0 Å². The lowest BCUT2D eigenvalue weighted by atomic mass is 10.1. The maximum absolute atomic E-state index is 12.5. The largest absolute Gasteiger partial charge is 0.416 e. The van der Waals surface area contributed by atoms with Crippen LogP contribution in [0.5, 0.6) is 0 Å². The molecule has 2 nitrogen and oxygen atoms in total. The van der Waals surface area contributed by atoms with Crippen molar-refractivity contribution in [2.24, 2.45) is 0 Å². The number of anilines is 1. The Morgan fingerprint density at radius 1 is 1.11 bits per heavy atom. The van der Waals surface area contributed by atoms with Crippen LogP contribution >= 0.6 is 11.6 Å². The van der Waals surface area contributed by atoms with E-state index in [-0.39, 0.29) is 11.6 Å². The van der Waals surface area contributed by atoms with Crippen molar-refractivity contribution in [1.29, 1.82) is 0 Å². The monoisotopic (exact) mass is 295 g/mol. The zero-order valence-corrected chi connectivity index (χ0v) is 11.2. The summed E-state index contributed by atoms with van der Waals surface area (Å²) in [5.74, 6) is 0. The highest BCUT2D eigenvalue weighted by Crippen LogP contribution is 2.33. The van der Waals surface area contributed by atoms with Crippen LogP contribution < -0.4 is 5.32 Å². The van der Waals surface area contributed by atoms with E-state index >= 15 is 0 Å². The van der Waals surface area contributed by atoms with Crippen LogP contribution in [-0.4, -0.2) is 18.3 Å². The quantitative estimate of drug-likeness (QED) is 0.734. The van der Waals surface area contributed by atoms with Gasteiger partial charge in [-0.05, 0) is 31.0 Å². The molecule has 0 heterocycles. The SMILES string of the molecule is OCCCCCCNc1cc(C(F)(F)F)ccc1Cl. The van der Waals surface area contributed by atoms with Crippen LogP contribution in [0.25, 0.3) is 0 Å². The van der Waals surface area contributed by atoms with Gasteiger partial charge in [0.2, 0.25) is 0 Å². The lowest BCUT2D eigenvalue weighted by molar-refractivity contribution is -0.137. The molecule has 1 aromatic rings. The number of hydrogen-bond acceptors (Lipinski definition) is 2. The number of aliphatic hydroxyl groups excluding tert-OH is 1. The maximum atomic E-state index is 12.5. The Bertz CT molecular complexity index is 396. The van der Waals surface area contributed by atoms with Crippen molar-refractivity contribution in [2.45, 2.75) is 31.9 Å². The molecule has 108 valence electrons. The molecular weight excluding hydrogens is 279 g/mol. The second kappa shape index (κ2) is 7.60. The molecule has 0 aliphatic carbocycles. The highest BCUT2D eigenvalue weighted by Gasteiger charge is 2.30. The van der Waals surface area contributed by atoms with Gasteiger partial charge < -0.3 is 10.4 Å². The predicted molar refractivity (Wildman–Crippen MR) is 70.5 cm³/mol. The van der Waals surface area contributed by atoms with Gasteiger partial charge in [0.15, 0.2) is 0 Å². The topological polar surface area (TPSA) is 32.3 Å². The van der Waals surface area contributed by atoms with Crippen LogP contribution in [0.1, 0.15) is 31.2 Å². The summed E-state index contributed by atoms with van der Waals surface area (Å²) in [5, 5.41) is 11.8. The van der Waals surface area contributed by atoms with Gasteiger partial charge in [0.05, 0.1) is 16.3 Å². The van der Waals surface area contributed by atoms with Crippen LogP contribution in [-0.2, 0) is 6.18 Å². The van der Waals surface area contributed by atoms with E-state index in [2.05, 4.69) is 5.32 Å². The summed E-state index contributed by atoms with van der Waals surface area (Å²) in [6.07, 6.45) is -0.947. The fraction of sp³-hybridized carbons (Fsp3) is 0.538. The van der Waals surface area contributed by atoms with Crippen molar-refractivity contribution in [3.05, 3.63) is 28.8 Å². The lowest BCUT2D eigenvalue weighted by Gasteiger charge is -2.12. The van der Waals surface area contributed by atoms with Crippen LogP contribution in [0.15, 0.2) is 18.2 Å². The van der Waals surface area contributed by atoms with Gasteiger partial charge in [-0.3, -0.25) is 0 Å². The highest BCUT2D eigenvalue weighted by molar-refractivity contribution is 6.33. The number of hydrogen-bond donors (Lipinski definition) is 2. The van der Waals surface area contributed by atoms with Gasteiger partial charge in [-0.1, -0.05) is 24.4 Å². The number of aliphatic hydroxyl groups is 1. The molecule has 0 fully saturated rings. The number of halogens is 4. The Labute approximate surface area is 115 Å². The van der Waals surface area contributed by atoms with Crippen molar-refractivity contribution < 1.29 is 18.3 Å². The Kier molecular flexibility index (Phi) is 6.45. The zero-order valence-electron chi connectivity index (χ0n) is 10.4. The number of unbranched alkanes of at least 4 members (excludes halogenated alkanes) is 3. The minimum atomic E-state index is -4.36. The molecule has 0 amide bonds. The molecule has 0 aromatic heterocycles. The van der Waals surface area contributed by atoms with Crippen molar-refractivity contribution in [3.63, 3.8) is 0 Å². The number of nitrogens with one attached hydrogen (secondary N) is 1. The molecule has 0 atom stereocenters. The first-order valence-corrected chi connectivity index (χ1v) is 6.54. The minimum Gasteiger partial charge on any atom is -0.396 e. The molecule has 19 heavy (non-hydrogen) atoms. The fourth-order valence-corrected chi connectivity index (χ4v) is 1.83. The molecule has 0 bridgehead atoms. The van der Waals surface area contributed by atoms with E-state index in [9.17, 15) is 13.2 Å². The zero-order chi connectivity index (χ0) is 14.3. The Hall–Kier alpha value is -0.940. The standard InChI is InChI=1S/C13H17ClF3NO/c14-11-6-5-10(13(15,16)17)9-12(11)18-7-3-1-2-4-8-19/h5-6,9,18-19H,1-4,7-8H2. The van der Waals surface area contributed by atoms with E-state index in [0.29, 0.717) is 12.2 Å².